The van der Waals surface area contributed by atoms with Crippen LogP contribution >= 0.6 is 0 Å². The molecule has 0 amide bonds. The van der Waals surface area contributed by atoms with Crippen molar-refractivity contribution in [3.8, 4) is 5.75 Å². The minimum absolute atomic E-state index is 0.0465. The summed E-state index contributed by atoms with van der Waals surface area (Å²) in [6.45, 7) is 3.63. The molecule has 2 aromatic rings. The number of ether oxygens (including phenoxy) is 2. The minimum atomic E-state index is -5.08. The zero-order valence-corrected chi connectivity index (χ0v) is 19.1. The number of aromatic nitrogens is 2. The van der Waals surface area contributed by atoms with Crippen LogP contribution in [0, 0.1) is 0 Å². The molecule has 0 radical (unpaired) electrons. The van der Waals surface area contributed by atoms with E-state index in [-0.39, 0.29) is 11.7 Å². The zero-order valence-electron chi connectivity index (χ0n) is 19.1. The summed E-state index contributed by atoms with van der Waals surface area (Å²) in [7, 11) is 0. The Hall–Kier alpha value is -3.46. The van der Waals surface area contributed by atoms with E-state index in [0.717, 1.165) is 38.2 Å². The van der Waals surface area contributed by atoms with Crippen LogP contribution in [0.1, 0.15) is 18.4 Å². The van der Waals surface area contributed by atoms with E-state index < -0.39 is 24.3 Å². The quantitative estimate of drug-likeness (QED) is 0.562. The van der Waals surface area contributed by atoms with Crippen molar-refractivity contribution in [2.24, 2.45) is 0 Å². The molecule has 2 aliphatic heterocycles. The fourth-order valence-corrected chi connectivity index (χ4v) is 3.58. The molecule has 2 atom stereocenters. The van der Waals surface area contributed by atoms with Crippen LogP contribution in [-0.4, -0.2) is 80.8 Å². The van der Waals surface area contributed by atoms with E-state index in [0.29, 0.717) is 6.61 Å². The summed E-state index contributed by atoms with van der Waals surface area (Å²) in [6.07, 6.45) is -0.755. The van der Waals surface area contributed by atoms with Crippen LogP contribution in [0.15, 0.2) is 49.1 Å². The average molecular weight is 539 g/mol. The molecule has 1 spiro atoms. The predicted octanol–water partition coefficient (Wildman–Crippen LogP) is 3.56. The van der Waals surface area contributed by atoms with Crippen LogP contribution in [0.25, 0.3) is 0 Å². The molecule has 0 aliphatic carbocycles. The second kappa shape index (κ2) is 12.7. The Morgan fingerprint density at radius 3 is 2.08 bits per heavy atom. The second-order valence-electron chi connectivity index (χ2n) is 8.05. The summed E-state index contributed by atoms with van der Waals surface area (Å²) >= 11 is 0. The first-order valence-corrected chi connectivity index (χ1v) is 10.6. The monoisotopic (exact) mass is 539 g/mol. The van der Waals surface area contributed by atoms with Crippen molar-refractivity contribution in [2.75, 3.05) is 19.7 Å². The lowest BCUT2D eigenvalue weighted by molar-refractivity contribution is -0.193. The summed E-state index contributed by atoms with van der Waals surface area (Å²) in [5.74, 6) is -4.69. The molecular weight excluding hydrogens is 516 g/mol. The van der Waals surface area contributed by atoms with Crippen molar-refractivity contribution in [2.45, 2.75) is 43.4 Å². The summed E-state index contributed by atoms with van der Waals surface area (Å²) in [5, 5.41) is 14.2. The lowest BCUT2D eigenvalue weighted by Gasteiger charge is -2.23. The first-order valence-electron chi connectivity index (χ1n) is 10.6. The number of rotatable bonds is 4. The van der Waals surface area contributed by atoms with Gasteiger partial charge in [0.2, 0.25) is 0 Å². The van der Waals surface area contributed by atoms with Crippen LogP contribution < -0.4 is 4.74 Å². The molecule has 0 unspecified atom stereocenters. The SMILES string of the molecule is O=C(O)C(F)(F)F.O=C(O)C(F)(F)F.c1cncc(CN2CC[C@]3(C[C@H](Oc4cccnc4)CO3)C2)c1. The molecule has 204 valence electrons. The van der Waals surface area contributed by atoms with E-state index in [9.17, 15) is 26.3 Å². The van der Waals surface area contributed by atoms with Gasteiger partial charge in [0.05, 0.1) is 18.4 Å². The van der Waals surface area contributed by atoms with Crippen LogP contribution in [0.5, 0.6) is 5.75 Å². The molecular formula is C22H23F6N3O6. The number of nitrogens with zero attached hydrogens (tertiary/aromatic N) is 3. The number of pyridine rings is 2. The smallest absolute Gasteiger partial charge is 0.486 e. The Morgan fingerprint density at radius 1 is 1.03 bits per heavy atom. The topological polar surface area (TPSA) is 122 Å². The maximum Gasteiger partial charge on any atom is 0.490 e. The van der Waals surface area contributed by atoms with Crippen LogP contribution in [0.3, 0.4) is 0 Å². The number of alkyl halides is 6. The van der Waals surface area contributed by atoms with Gasteiger partial charge in [-0.2, -0.15) is 26.3 Å². The first-order chi connectivity index (χ1) is 17.2. The molecule has 2 N–H and O–H groups in total. The highest BCUT2D eigenvalue weighted by Crippen LogP contribution is 2.37. The molecule has 2 saturated heterocycles. The van der Waals surface area contributed by atoms with Crippen molar-refractivity contribution in [1.29, 1.82) is 0 Å². The highest BCUT2D eigenvalue weighted by molar-refractivity contribution is 5.73. The van der Waals surface area contributed by atoms with Crippen molar-refractivity contribution >= 4 is 11.9 Å². The third-order valence-electron chi connectivity index (χ3n) is 5.12. The van der Waals surface area contributed by atoms with Crippen molar-refractivity contribution in [1.82, 2.24) is 14.9 Å². The molecule has 0 saturated carbocycles. The molecule has 0 bridgehead atoms. The molecule has 2 aromatic heterocycles. The molecule has 2 fully saturated rings. The van der Waals surface area contributed by atoms with Gasteiger partial charge in [0, 0.05) is 44.6 Å². The second-order valence-corrected chi connectivity index (χ2v) is 8.05. The van der Waals surface area contributed by atoms with Crippen molar-refractivity contribution < 1.29 is 55.6 Å². The van der Waals surface area contributed by atoms with E-state index in [1.54, 1.807) is 12.4 Å². The zero-order chi connectivity index (χ0) is 27.7. The van der Waals surface area contributed by atoms with Gasteiger partial charge in [0.25, 0.3) is 0 Å². The van der Waals surface area contributed by atoms with E-state index in [1.165, 1.54) is 5.56 Å². The van der Waals surface area contributed by atoms with Gasteiger partial charge in [0.1, 0.15) is 11.9 Å². The number of aliphatic carboxylic acids is 2. The number of likely N-dealkylation sites (tertiary alicyclic amines) is 1. The Labute approximate surface area is 206 Å². The third kappa shape index (κ3) is 10.2. The molecule has 15 heteroatoms. The standard InChI is InChI=1S/C18H21N3O2.2C2HF3O2/c1-3-15(10-19-6-1)12-21-8-5-18(14-21)9-17(13-22-18)23-16-4-2-7-20-11-16;2*3-2(4,5)1(6)7/h1-4,6-7,10-11,17H,5,8-9,12-14H2;2*(H,6,7)/t17-,18-;;/m0../s1. The summed E-state index contributed by atoms with van der Waals surface area (Å²) in [5.41, 5.74) is 1.21. The fourth-order valence-electron chi connectivity index (χ4n) is 3.58. The van der Waals surface area contributed by atoms with Crippen molar-refractivity contribution in [3.63, 3.8) is 0 Å². The number of hydrogen-bond donors (Lipinski definition) is 2. The number of carboxylic acid groups (broad SMARTS) is 2. The number of carbonyl (C=O) groups is 2. The number of halogens is 6. The van der Waals surface area contributed by atoms with Gasteiger partial charge in [-0.1, -0.05) is 6.07 Å². The lowest BCUT2D eigenvalue weighted by atomic mass is 9.98. The Balaban J connectivity index is 0.000000286. The van der Waals surface area contributed by atoms with Crippen molar-refractivity contribution in [3.05, 3.63) is 54.6 Å². The number of hydrogen-bond acceptors (Lipinski definition) is 7. The van der Waals surface area contributed by atoms with E-state index >= 15 is 0 Å². The highest BCUT2D eigenvalue weighted by atomic mass is 19.4. The van der Waals surface area contributed by atoms with E-state index in [1.807, 2.05) is 30.6 Å². The average Bonchev–Trinajstić information content (AvgIpc) is 3.40. The van der Waals surface area contributed by atoms with Gasteiger partial charge in [-0.05, 0) is 30.2 Å². The molecule has 9 nitrogen and oxygen atoms in total. The van der Waals surface area contributed by atoms with E-state index in [4.69, 9.17) is 29.3 Å². The molecule has 4 rings (SSSR count). The van der Waals surface area contributed by atoms with Crippen LogP contribution in [0.4, 0.5) is 26.3 Å². The normalized spacial score (nSPS) is 21.4. The Bertz CT molecular complexity index is 926. The lowest BCUT2D eigenvalue weighted by Crippen LogP contribution is -2.33. The third-order valence-corrected chi connectivity index (χ3v) is 5.12. The van der Waals surface area contributed by atoms with Gasteiger partial charge in [-0.3, -0.25) is 14.9 Å². The molecule has 4 heterocycles. The van der Waals surface area contributed by atoms with Gasteiger partial charge < -0.3 is 19.7 Å². The maximum atomic E-state index is 10.6. The van der Waals surface area contributed by atoms with E-state index in [2.05, 4.69) is 20.9 Å². The van der Waals surface area contributed by atoms with Gasteiger partial charge in [-0.15, -0.1) is 0 Å². The van der Waals surface area contributed by atoms with Gasteiger partial charge >= 0.3 is 24.3 Å². The molecule has 37 heavy (non-hydrogen) atoms. The predicted molar refractivity (Wildman–Crippen MR) is 113 cm³/mol. The minimum Gasteiger partial charge on any atom is -0.486 e. The van der Waals surface area contributed by atoms with Gasteiger partial charge in [-0.25, -0.2) is 9.59 Å². The van der Waals surface area contributed by atoms with Crippen LogP contribution in [-0.2, 0) is 20.9 Å². The largest absolute Gasteiger partial charge is 0.490 e. The molecule has 2 aliphatic rings. The fraction of sp³-hybridized carbons (Fsp3) is 0.455. The summed E-state index contributed by atoms with van der Waals surface area (Å²) < 4.78 is 75.6. The number of carboxylic acids is 2. The highest BCUT2D eigenvalue weighted by Gasteiger charge is 2.46. The summed E-state index contributed by atoms with van der Waals surface area (Å²) in [6, 6.07) is 7.96. The Morgan fingerprint density at radius 2 is 1.59 bits per heavy atom. The molecule has 0 aromatic carbocycles. The first kappa shape index (κ1) is 29.8. The summed E-state index contributed by atoms with van der Waals surface area (Å²) in [4.78, 5) is 28.5. The Kier molecular flexibility index (Phi) is 10.2. The van der Waals surface area contributed by atoms with Crippen LogP contribution in [0.2, 0.25) is 0 Å². The maximum absolute atomic E-state index is 10.6. The van der Waals surface area contributed by atoms with Gasteiger partial charge in [0.15, 0.2) is 0 Å².